The number of hydrogen-bond donors (Lipinski definition) is 1. The quantitative estimate of drug-likeness (QED) is 0.765. The normalized spacial score (nSPS) is 17.6. The van der Waals surface area contributed by atoms with Gasteiger partial charge in [0.05, 0.1) is 24.7 Å². The molecule has 0 unspecified atom stereocenters. The van der Waals surface area contributed by atoms with Crippen LogP contribution in [0.5, 0.6) is 0 Å². The van der Waals surface area contributed by atoms with E-state index < -0.39 is 5.60 Å². The van der Waals surface area contributed by atoms with Crippen molar-refractivity contribution in [3.8, 4) is 11.6 Å². The number of piperidine rings is 1. The molecule has 0 bridgehead atoms. The van der Waals surface area contributed by atoms with Gasteiger partial charge in [0.1, 0.15) is 0 Å². The summed E-state index contributed by atoms with van der Waals surface area (Å²) in [6.45, 7) is 3.09. The van der Waals surface area contributed by atoms with E-state index in [0.29, 0.717) is 18.1 Å². The molecule has 7 heteroatoms. The van der Waals surface area contributed by atoms with Crippen LogP contribution in [0.15, 0.2) is 53.9 Å². The highest BCUT2D eigenvalue weighted by molar-refractivity contribution is 5.45. The fraction of sp³-hybridized carbons (Fsp3) is 0.389. The molecule has 1 aliphatic rings. The molecule has 0 spiro atoms. The van der Waals surface area contributed by atoms with Crippen molar-refractivity contribution >= 4 is 0 Å². The maximum atomic E-state index is 10.8. The SMILES string of the molecule is OC1(Cn2ccnc2)CCN(Cc2cnc(-c3ccco3)nc2)CC1. The van der Waals surface area contributed by atoms with Gasteiger partial charge in [-0.15, -0.1) is 0 Å². The van der Waals surface area contributed by atoms with Crippen molar-refractivity contribution in [3.63, 3.8) is 0 Å². The second-order valence-electron chi connectivity index (χ2n) is 6.63. The number of likely N-dealkylation sites (tertiary alicyclic amines) is 1. The number of imidazole rings is 1. The monoisotopic (exact) mass is 339 g/mol. The van der Waals surface area contributed by atoms with Gasteiger partial charge >= 0.3 is 0 Å². The summed E-state index contributed by atoms with van der Waals surface area (Å²) in [6, 6.07) is 3.67. The highest BCUT2D eigenvalue weighted by atomic mass is 16.3. The van der Waals surface area contributed by atoms with Gasteiger partial charge in [0.25, 0.3) is 0 Å². The van der Waals surface area contributed by atoms with Gasteiger partial charge in [-0.05, 0) is 25.0 Å². The van der Waals surface area contributed by atoms with Crippen LogP contribution >= 0.6 is 0 Å². The summed E-state index contributed by atoms with van der Waals surface area (Å²) in [7, 11) is 0. The van der Waals surface area contributed by atoms with Crippen LogP contribution in [0.3, 0.4) is 0 Å². The zero-order chi connectivity index (χ0) is 17.1. The van der Waals surface area contributed by atoms with E-state index in [1.54, 1.807) is 18.8 Å². The Bertz CT molecular complexity index is 776. The summed E-state index contributed by atoms with van der Waals surface area (Å²) >= 11 is 0. The highest BCUT2D eigenvalue weighted by Gasteiger charge is 2.32. The summed E-state index contributed by atoms with van der Waals surface area (Å²) in [5.41, 5.74) is 0.409. The zero-order valence-electron chi connectivity index (χ0n) is 14.0. The molecule has 4 rings (SSSR count). The summed E-state index contributed by atoms with van der Waals surface area (Å²) in [5, 5.41) is 10.8. The first kappa shape index (κ1) is 16.0. The smallest absolute Gasteiger partial charge is 0.195 e. The first-order valence-corrected chi connectivity index (χ1v) is 8.45. The molecular formula is C18H21N5O2. The lowest BCUT2D eigenvalue weighted by Crippen LogP contribution is -2.46. The lowest BCUT2D eigenvalue weighted by atomic mass is 9.91. The Balaban J connectivity index is 1.32. The largest absolute Gasteiger partial charge is 0.461 e. The standard InChI is InChI=1S/C18H21N5O2/c24-18(13-23-8-5-19-14-23)3-6-22(7-4-18)12-15-10-20-17(21-11-15)16-2-1-9-25-16/h1-2,5,8-11,14,24H,3-4,6-7,12-13H2. The van der Waals surface area contributed by atoms with Crippen LogP contribution in [0, 0.1) is 0 Å². The number of furan rings is 1. The van der Waals surface area contributed by atoms with Crippen LogP contribution in [0.4, 0.5) is 0 Å². The number of nitrogens with zero attached hydrogens (tertiary/aromatic N) is 5. The van der Waals surface area contributed by atoms with Crippen LogP contribution in [-0.2, 0) is 13.1 Å². The highest BCUT2D eigenvalue weighted by Crippen LogP contribution is 2.25. The number of aliphatic hydroxyl groups is 1. The van der Waals surface area contributed by atoms with Crippen molar-refractivity contribution in [2.75, 3.05) is 13.1 Å². The molecule has 0 aromatic carbocycles. The fourth-order valence-electron chi connectivity index (χ4n) is 3.23. The Labute approximate surface area is 146 Å². The Morgan fingerprint density at radius 3 is 2.64 bits per heavy atom. The van der Waals surface area contributed by atoms with E-state index in [-0.39, 0.29) is 0 Å². The number of aromatic nitrogens is 4. The lowest BCUT2D eigenvalue weighted by Gasteiger charge is -2.38. The summed E-state index contributed by atoms with van der Waals surface area (Å²) in [5.74, 6) is 1.27. The van der Waals surface area contributed by atoms with Crippen LogP contribution in [-0.4, -0.2) is 48.2 Å². The minimum atomic E-state index is -0.656. The summed E-state index contributed by atoms with van der Waals surface area (Å²) < 4.78 is 7.25. The van der Waals surface area contributed by atoms with Crippen LogP contribution in [0.2, 0.25) is 0 Å². The van der Waals surface area contributed by atoms with Gasteiger partial charge in [0.15, 0.2) is 11.6 Å². The predicted molar refractivity (Wildman–Crippen MR) is 91.4 cm³/mol. The van der Waals surface area contributed by atoms with Crippen molar-refractivity contribution in [2.45, 2.75) is 31.5 Å². The molecule has 0 saturated carbocycles. The molecule has 3 aromatic rings. The molecule has 0 radical (unpaired) electrons. The molecule has 1 aliphatic heterocycles. The van der Waals surface area contributed by atoms with Crippen molar-refractivity contribution in [1.82, 2.24) is 24.4 Å². The average molecular weight is 339 g/mol. The Morgan fingerprint density at radius 2 is 2.00 bits per heavy atom. The summed E-state index contributed by atoms with van der Waals surface area (Å²) in [4.78, 5) is 15.1. The van der Waals surface area contributed by atoms with Crippen molar-refractivity contribution in [2.24, 2.45) is 0 Å². The number of rotatable bonds is 5. The van der Waals surface area contributed by atoms with E-state index in [1.165, 1.54) is 0 Å². The topological polar surface area (TPSA) is 80.2 Å². The molecule has 1 fully saturated rings. The molecule has 0 aliphatic carbocycles. The molecule has 7 nitrogen and oxygen atoms in total. The maximum Gasteiger partial charge on any atom is 0.195 e. The molecule has 3 aromatic heterocycles. The fourth-order valence-corrected chi connectivity index (χ4v) is 3.23. The molecule has 0 amide bonds. The van der Waals surface area contributed by atoms with Crippen molar-refractivity contribution in [1.29, 1.82) is 0 Å². The van der Waals surface area contributed by atoms with Gasteiger partial charge in [-0.2, -0.15) is 0 Å². The van der Waals surface area contributed by atoms with E-state index in [4.69, 9.17) is 4.42 Å². The van der Waals surface area contributed by atoms with E-state index >= 15 is 0 Å². The van der Waals surface area contributed by atoms with Gasteiger partial charge < -0.3 is 14.1 Å². The van der Waals surface area contributed by atoms with Crippen LogP contribution < -0.4 is 0 Å². The molecule has 4 heterocycles. The molecule has 25 heavy (non-hydrogen) atoms. The number of hydrogen-bond acceptors (Lipinski definition) is 6. The molecule has 1 saturated heterocycles. The molecule has 1 N–H and O–H groups in total. The van der Waals surface area contributed by atoms with E-state index in [1.807, 2.05) is 35.3 Å². The van der Waals surface area contributed by atoms with E-state index in [2.05, 4.69) is 19.9 Å². The minimum absolute atomic E-state index is 0.599. The molecule has 130 valence electrons. The second kappa shape index (κ2) is 6.78. The first-order chi connectivity index (χ1) is 12.2. The Hall–Kier alpha value is -2.51. The Kier molecular flexibility index (Phi) is 4.33. The summed E-state index contributed by atoms with van der Waals surface area (Å²) in [6.07, 6.45) is 12.2. The van der Waals surface area contributed by atoms with Crippen molar-refractivity contribution in [3.05, 3.63) is 55.1 Å². The van der Waals surface area contributed by atoms with Gasteiger partial charge in [-0.25, -0.2) is 15.0 Å². The minimum Gasteiger partial charge on any atom is -0.461 e. The lowest BCUT2D eigenvalue weighted by molar-refractivity contribution is -0.0358. The third kappa shape index (κ3) is 3.78. The van der Waals surface area contributed by atoms with Crippen LogP contribution in [0.1, 0.15) is 18.4 Å². The van der Waals surface area contributed by atoms with E-state index in [9.17, 15) is 5.11 Å². The molecule has 0 atom stereocenters. The third-order valence-corrected chi connectivity index (χ3v) is 4.68. The Morgan fingerprint density at radius 1 is 1.20 bits per heavy atom. The van der Waals surface area contributed by atoms with Gasteiger partial charge in [0.2, 0.25) is 0 Å². The molecular weight excluding hydrogens is 318 g/mol. The first-order valence-electron chi connectivity index (χ1n) is 8.45. The van der Waals surface area contributed by atoms with Crippen molar-refractivity contribution < 1.29 is 9.52 Å². The third-order valence-electron chi connectivity index (χ3n) is 4.68. The average Bonchev–Trinajstić information content (AvgIpc) is 3.32. The van der Waals surface area contributed by atoms with Gasteiger partial charge in [-0.3, -0.25) is 4.90 Å². The van der Waals surface area contributed by atoms with Crippen LogP contribution in [0.25, 0.3) is 11.6 Å². The van der Waals surface area contributed by atoms with Gasteiger partial charge in [0, 0.05) is 50.0 Å². The van der Waals surface area contributed by atoms with E-state index in [0.717, 1.165) is 38.0 Å². The second-order valence-corrected chi connectivity index (χ2v) is 6.63. The maximum absolute atomic E-state index is 10.8. The predicted octanol–water partition coefficient (Wildman–Crippen LogP) is 1.96. The zero-order valence-corrected chi connectivity index (χ0v) is 14.0. The van der Waals surface area contributed by atoms with Gasteiger partial charge in [-0.1, -0.05) is 0 Å².